The van der Waals surface area contributed by atoms with Crippen molar-refractivity contribution < 1.29 is 17.2 Å². The second-order valence-corrected chi connectivity index (χ2v) is 7.71. The number of hydrogen-bond acceptors (Lipinski definition) is 4. The van der Waals surface area contributed by atoms with Gasteiger partial charge < -0.3 is 5.32 Å². The third-order valence-electron chi connectivity index (χ3n) is 3.83. The van der Waals surface area contributed by atoms with Crippen LogP contribution in [0.1, 0.15) is 11.1 Å². The van der Waals surface area contributed by atoms with Gasteiger partial charge in [0, 0.05) is 11.8 Å². The van der Waals surface area contributed by atoms with Crippen LogP contribution in [0.2, 0.25) is 0 Å². The van der Waals surface area contributed by atoms with Gasteiger partial charge in [-0.3, -0.25) is 4.72 Å². The van der Waals surface area contributed by atoms with Crippen molar-refractivity contribution in [2.75, 3.05) is 10.0 Å². The predicted octanol–water partition coefficient (Wildman–Crippen LogP) is 4.52. The Balaban J connectivity index is 1.76. The first-order valence-corrected chi connectivity index (χ1v) is 9.51. The minimum atomic E-state index is -3.74. The molecular weight excluding hydrogens is 372 g/mol. The number of benzene rings is 2. The third kappa shape index (κ3) is 4.40. The third-order valence-corrected chi connectivity index (χ3v) is 5.37. The van der Waals surface area contributed by atoms with Crippen LogP contribution in [0.25, 0.3) is 0 Å². The monoisotopic (exact) mass is 389 g/mol. The van der Waals surface area contributed by atoms with Gasteiger partial charge >= 0.3 is 0 Å². The van der Waals surface area contributed by atoms with E-state index in [0.717, 1.165) is 17.7 Å². The number of rotatable bonds is 5. The van der Waals surface area contributed by atoms with Crippen molar-refractivity contribution in [2.24, 2.45) is 0 Å². The lowest BCUT2D eigenvalue weighted by molar-refractivity contribution is 0.509. The van der Waals surface area contributed by atoms with Crippen molar-refractivity contribution in [1.29, 1.82) is 0 Å². The van der Waals surface area contributed by atoms with E-state index < -0.39 is 21.7 Å². The zero-order chi connectivity index (χ0) is 19.6. The van der Waals surface area contributed by atoms with E-state index in [-0.39, 0.29) is 10.6 Å². The molecule has 0 aliphatic heterocycles. The number of anilines is 3. The minimum absolute atomic E-state index is 0.192. The Morgan fingerprint density at radius 1 is 0.889 bits per heavy atom. The lowest BCUT2D eigenvalue weighted by Gasteiger charge is -2.11. The number of nitrogens with zero attached hydrogens (tertiary/aromatic N) is 1. The largest absolute Gasteiger partial charge is 0.340 e. The fourth-order valence-electron chi connectivity index (χ4n) is 2.56. The standard InChI is InChI=1S/C19H17F2N3O2S/c1-12-3-7-18(13(2)9-12)27(25,26)24-15-5-8-19(22-11-15)23-14-4-6-16(20)17(21)10-14/h3-11,24H,1-2H3,(H,22,23). The van der Waals surface area contributed by atoms with Gasteiger partial charge in [-0.25, -0.2) is 22.2 Å². The maximum absolute atomic E-state index is 13.2. The molecule has 3 rings (SSSR count). The van der Waals surface area contributed by atoms with Crippen molar-refractivity contribution in [3.63, 3.8) is 0 Å². The van der Waals surface area contributed by atoms with Crippen LogP contribution in [-0.4, -0.2) is 13.4 Å². The first-order chi connectivity index (χ1) is 12.7. The molecule has 2 N–H and O–H groups in total. The van der Waals surface area contributed by atoms with Crippen LogP contribution in [0.4, 0.5) is 26.0 Å². The Kier molecular flexibility index (Phi) is 5.09. The molecule has 3 aromatic rings. The molecule has 0 saturated carbocycles. The van der Waals surface area contributed by atoms with Crippen molar-refractivity contribution in [2.45, 2.75) is 18.7 Å². The average Bonchev–Trinajstić information content (AvgIpc) is 2.59. The van der Waals surface area contributed by atoms with Gasteiger partial charge in [0.25, 0.3) is 10.0 Å². The number of nitrogens with one attached hydrogen (secondary N) is 2. The second kappa shape index (κ2) is 7.32. The molecule has 27 heavy (non-hydrogen) atoms. The van der Waals surface area contributed by atoms with E-state index in [1.807, 2.05) is 6.92 Å². The molecule has 0 amide bonds. The highest BCUT2D eigenvalue weighted by molar-refractivity contribution is 7.92. The maximum atomic E-state index is 13.2. The van der Waals surface area contributed by atoms with Crippen molar-refractivity contribution in [3.05, 3.63) is 77.5 Å². The molecule has 0 saturated heterocycles. The molecular formula is C19H17F2N3O2S. The van der Waals surface area contributed by atoms with E-state index in [4.69, 9.17) is 0 Å². The van der Waals surface area contributed by atoms with E-state index >= 15 is 0 Å². The van der Waals surface area contributed by atoms with E-state index in [1.54, 1.807) is 25.1 Å². The van der Waals surface area contributed by atoms with E-state index in [1.165, 1.54) is 24.4 Å². The van der Waals surface area contributed by atoms with E-state index in [9.17, 15) is 17.2 Å². The number of pyridine rings is 1. The number of aryl methyl sites for hydroxylation is 2. The van der Waals surface area contributed by atoms with Gasteiger partial charge in [-0.2, -0.15) is 0 Å². The lowest BCUT2D eigenvalue weighted by atomic mass is 10.2. The summed E-state index contributed by atoms with van der Waals surface area (Å²) in [6.07, 6.45) is 1.34. The predicted molar refractivity (Wildman–Crippen MR) is 101 cm³/mol. The number of sulfonamides is 1. The Bertz CT molecular complexity index is 1080. The first-order valence-electron chi connectivity index (χ1n) is 8.03. The van der Waals surface area contributed by atoms with Crippen LogP contribution < -0.4 is 10.0 Å². The summed E-state index contributed by atoms with van der Waals surface area (Å²) in [5.41, 5.74) is 2.23. The number of hydrogen-bond donors (Lipinski definition) is 2. The zero-order valence-corrected chi connectivity index (χ0v) is 15.4. The van der Waals surface area contributed by atoms with Crippen molar-refractivity contribution in [3.8, 4) is 0 Å². The van der Waals surface area contributed by atoms with Crippen LogP contribution in [0, 0.1) is 25.5 Å². The summed E-state index contributed by atoms with van der Waals surface area (Å²) < 4.78 is 53.8. The molecule has 0 unspecified atom stereocenters. The van der Waals surface area contributed by atoms with Crippen LogP contribution in [0.3, 0.4) is 0 Å². The fraction of sp³-hybridized carbons (Fsp3) is 0.105. The Morgan fingerprint density at radius 3 is 2.26 bits per heavy atom. The van der Waals surface area contributed by atoms with Crippen LogP contribution >= 0.6 is 0 Å². The zero-order valence-electron chi connectivity index (χ0n) is 14.6. The molecule has 0 radical (unpaired) electrons. The van der Waals surface area contributed by atoms with Crippen LogP contribution in [0.15, 0.2) is 59.6 Å². The summed E-state index contributed by atoms with van der Waals surface area (Å²) in [7, 11) is -3.74. The Labute approximate surface area is 156 Å². The van der Waals surface area contributed by atoms with Gasteiger partial charge in [-0.15, -0.1) is 0 Å². The summed E-state index contributed by atoms with van der Waals surface area (Å²) in [5, 5.41) is 2.81. The highest BCUT2D eigenvalue weighted by Gasteiger charge is 2.17. The van der Waals surface area contributed by atoms with E-state index in [2.05, 4.69) is 15.0 Å². The molecule has 0 atom stereocenters. The maximum Gasteiger partial charge on any atom is 0.262 e. The fourth-order valence-corrected chi connectivity index (χ4v) is 3.83. The summed E-state index contributed by atoms with van der Waals surface area (Å²) in [4.78, 5) is 4.28. The summed E-state index contributed by atoms with van der Waals surface area (Å²) in [6, 6.07) is 11.5. The topological polar surface area (TPSA) is 71.1 Å². The van der Waals surface area contributed by atoms with Gasteiger partial charge in [0.2, 0.25) is 0 Å². The number of halogens is 2. The molecule has 0 aliphatic carbocycles. The Hall–Kier alpha value is -3.00. The summed E-state index contributed by atoms with van der Waals surface area (Å²) in [6.45, 7) is 3.62. The highest BCUT2D eigenvalue weighted by atomic mass is 32.2. The molecule has 0 aliphatic rings. The normalized spacial score (nSPS) is 11.3. The van der Waals surface area contributed by atoms with Crippen molar-refractivity contribution >= 4 is 27.2 Å². The lowest BCUT2D eigenvalue weighted by Crippen LogP contribution is -2.14. The van der Waals surface area contributed by atoms with Crippen LogP contribution in [-0.2, 0) is 10.0 Å². The molecule has 1 aromatic heterocycles. The van der Waals surface area contributed by atoms with Gasteiger partial charge in [-0.05, 0) is 49.7 Å². The molecule has 0 fully saturated rings. The highest BCUT2D eigenvalue weighted by Crippen LogP contribution is 2.22. The van der Waals surface area contributed by atoms with Crippen molar-refractivity contribution in [1.82, 2.24) is 4.98 Å². The SMILES string of the molecule is Cc1ccc(S(=O)(=O)Nc2ccc(Nc3ccc(F)c(F)c3)nc2)c(C)c1. The van der Waals surface area contributed by atoms with Gasteiger partial charge in [0.05, 0.1) is 16.8 Å². The van der Waals surface area contributed by atoms with Gasteiger partial charge in [0.1, 0.15) is 5.82 Å². The molecule has 140 valence electrons. The smallest absolute Gasteiger partial charge is 0.262 e. The minimum Gasteiger partial charge on any atom is -0.340 e. The quantitative estimate of drug-likeness (QED) is 0.673. The molecule has 8 heteroatoms. The first kappa shape index (κ1) is 18.8. The van der Waals surface area contributed by atoms with Gasteiger partial charge in [0.15, 0.2) is 11.6 Å². The molecule has 5 nitrogen and oxygen atoms in total. The average molecular weight is 389 g/mol. The van der Waals surface area contributed by atoms with Crippen LogP contribution in [0.5, 0.6) is 0 Å². The Morgan fingerprint density at radius 2 is 1.63 bits per heavy atom. The van der Waals surface area contributed by atoms with E-state index in [0.29, 0.717) is 17.1 Å². The number of aromatic nitrogens is 1. The second-order valence-electron chi connectivity index (χ2n) is 6.06. The van der Waals surface area contributed by atoms with Gasteiger partial charge in [-0.1, -0.05) is 17.7 Å². The molecule has 0 spiro atoms. The summed E-state index contributed by atoms with van der Waals surface area (Å²) >= 11 is 0. The molecule has 2 aromatic carbocycles. The molecule has 0 bridgehead atoms. The molecule has 1 heterocycles. The summed E-state index contributed by atoms with van der Waals surface area (Å²) in [5.74, 6) is -1.56.